The molecule has 3 aromatic rings. The standard InChI is InChI=1S/C24H19ClN2O2/c25-21-13-12-16(14-22(21)27(28)29)23-19-10-5-9-18(19)20-11-4-8-17(24(20)26-23)15-6-2-1-3-7-15/h1-9,11-14,18-19,23,26H,10H2/t18-,19-,23+/m1/s1. The third-order valence-electron chi connectivity index (χ3n) is 6.01. The Morgan fingerprint density at radius 2 is 1.86 bits per heavy atom. The van der Waals surface area contributed by atoms with Gasteiger partial charge in [-0.2, -0.15) is 0 Å². The van der Waals surface area contributed by atoms with Gasteiger partial charge < -0.3 is 5.32 Å². The second kappa shape index (κ2) is 7.05. The normalized spacial score (nSPS) is 21.9. The Morgan fingerprint density at radius 3 is 2.66 bits per heavy atom. The first kappa shape index (κ1) is 18.0. The Balaban J connectivity index is 1.64. The van der Waals surface area contributed by atoms with E-state index in [9.17, 15) is 10.1 Å². The van der Waals surface area contributed by atoms with Gasteiger partial charge in [0.15, 0.2) is 0 Å². The van der Waals surface area contributed by atoms with Crippen molar-refractivity contribution >= 4 is 23.0 Å². The van der Waals surface area contributed by atoms with Crippen LogP contribution in [0, 0.1) is 16.0 Å². The third kappa shape index (κ3) is 3.00. The van der Waals surface area contributed by atoms with Gasteiger partial charge in [-0.05, 0) is 35.1 Å². The first-order valence-electron chi connectivity index (χ1n) is 9.69. The van der Waals surface area contributed by atoms with Crippen molar-refractivity contribution in [3.8, 4) is 11.1 Å². The molecule has 144 valence electrons. The van der Waals surface area contributed by atoms with Crippen LogP contribution < -0.4 is 5.32 Å². The molecule has 0 fully saturated rings. The molecule has 1 heterocycles. The molecule has 3 atom stereocenters. The summed E-state index contributed by atoms with van der Waals surface area (Å²) in [4.78, 5) is 11.0. The van der Waals surface area contributed by atoms with E-state index in [1.165, 1.54) is 5.56 Å². The molecule has 0 spiro atoms. The van der Waals surface area contributed by atoms with Gasteiger partial charge >= 0.3 is 0 Å². The SMILES string of the molecule is O=[N+]([O-])c1cc([C@@H]2Nc3c(-c4ccccc4)cccc3[C@@H]3C=CC[C@H]32)ccc1Cl. The summed E-state index contributed by atoms with van der Waals surface area (Å²) in [5, 5.41) is 15.3. The highest BCUT2D eigenvalue weighted by atomic mass is 35.5. The fourth-order valence-corrected chi connectivity index (χ4v) is 4.86. The maximum Gasteiger partial charge on any atom is 0.288 e. The van der Waals surface area contributed by atoms with E-state index >= 15 is 0 Å². The van der Waals surface area contributed by atoms with Crippen LogP contribution in [0.15, 0.2) is 78.9 Å². The Bertz CT molecular complexity index is 1130. The number of hydrogen-bond acceptors (Lipinski definition) is 3. The Kier molecular flexibility index (Phi) is 4.36. The number of nitrogens with one attached hydrogen (secondary N) is 1. The number of fused-ring (bicyclic) bond motifs is 3. The largest absolute Gasteiger partial charge is 0.377 e. The van der Waals surface area contributed by atoms with E-state index < -0.39 is 4.92 Å². The average Bonchev–Trinajstić information content (AvgIpc) is 3.24. The molecular weight excluding hydrogens is 384 g/mol. The van der Waals surface area contributed by atoms with Gasteiger partial charge in [-0.1, -0.05) is 78.4 Å². The smallest absolute Gasteiger partial charge is 0.288 e. The number of anilines is 1. The molecular formula is C24H19ClN2O2. The van der Waals surface area contributed by atoms with Crippen LogP contribution in [0.25, 0.3) is 11.1 Å². The Labute approximate surface area is 174 Å². The first-order valence-corrected chi connectivity index (χ1v) is 10.1. The number of nitro benzene ring substituents is 1. The fourth-order valence-electron chi connectivity index (χ4n) is 4.67. The lowest BCUT2D eigenvalue weighted by Crippen LogP contribution is -2.29. The number of para-hydroxylation sites is 1. The minimum atomic E-state index is -0.414. The van der Waals surface area contributed by atoms with E-state index in [0.29, 0.717) is 5.92 Å². The van der Waals surface area contributed by atoms with Crippen molar-refractivity contribution in [3.63, 3.8) is 0 Å². The molecule has 29 heavy (non-hydrogen) atoms. The zero-order valence-electron chi connectivity index (χ0n) is 15.6. The van der Waals surface area contributed by atoms with Crippen LogP contribution in [0.5, 0.6) is 0 Å². The van der Waals surface area contributed by atoms with Gasteiger partial charge in [0.2, 0.25) is 0 Å². The number of rotatable bonds is 3. The molecule has 2 aliphatic rings. The van der Waals surface area contributed by atoms with Crippen LogP contribution in [0.2, 0.25) is 5.02 Å². The molecule has 0 saturated heterocycles. The molecule has 3 aromatic carbocycles. The molecule has 5 rings (SSSR count). The second-order valence-electron chi connectivity index (χ2n) is 7.58. The summed E-state index contributed by atoms with van der Waals surface area (Å²) >= 11 is 6.05. The number of hydrogen-bond donors (Lipinski definition) is 1. The average molecular weight is 403 g/mol. The lowest BCUT2D eigenvalue weighted by Gasteiger charge is -2.38. The minimum absolute atomic E-state index is 0.0247. The number of nitro groups is 1. The topological polar surface area (TPSA) is 55.2 Å². The van der Waals surface area contributed by atoms with E-state index in [-0.39, 0.29) is 22.7 Å². The van der Waals surface area contributed by atoms with Gasteiger partial charge in [-0.25, -0.2) is 0 Å². The number of benzene rings is 3. The van der Waals surface area contributed by atoms with Gasteiger partial charge in [-0.3, -0.25) is 10.1 Å². The number of nitrogens with zero attached hydrogens (tertiary/aromatic N) is 1. The maximum atomic E-state index is 11.4. The predicted octanol–water partition coefficient (Wildman–Crippen LogP) is 6.74. The summed E-state index contributed by atoms with van der Waals surface area (Å²) in [7, 11) is 0. The molecule has 0 unspecified atom stereocenters. The molecule has 0 bridgehead atoms. The van der Waals surface area contributed by atoms with Crippen molar-refractivity contribution < 1.29 is 4.92 Å². The monoisotopic (exact) mass is 402 g/mol. The maximum absolute atomic E-state index is 11.4. The predicted molar refractivity (Wildman–Crippen MR) is 116 cm³/mol. The summed E-state index contributed by atoms with van der Waals surface area (Å²) < 4.78 is 0. The molecule has 1 aliphatic carbocycles. The summed E-state index contributed by atoms with van der Waals surface area (Å²) in [6.45, 7) is 0. The molecule has 1 N–H and O–H groups in total. The summed E-state index contributed by atoms with van der Waals surface area (Å²) in [5.74, 6) is 0.601. The Hall–Kier alpha value is -3.11. The van der Waals surface area contributed by atoms with E-state index in [2.05, 4.69) is 47.8 Å². The molecule has 0 radical (unpaired) electrons. The second-order valence-corrected chi connectivity index (χ2v) is 7.99. The highest BCUT2D eigenvalue weighted by Crippen LogP contribution is 2.52. The van der Waals surface area contributed by atoms with Gasteiger partial charge in [0.1, 0.15) is 5.02 Å². The highest BCUT2D eigenvalue weighted by Gasteiger charge is 2.39. The molecule has 0 aromatic heterocycles. The number of halogens is 1. The molecule has 0 amide bonds. The van der Waals surface area contributed by atoms with Gasteiger partial charge in [0.05, 0.1) is 11.0 Å². The summed E-state index contributed by atoms with van der Waals surface area (Å²) in [5.41, 5.74) is 5.54. The Morgan fingerprint density at radius 1 is 1.03 bits per heavy atom. The number of allylic oxidation sites excluding steroid dienone is 2. The van der Waals surface area contributed by atoms with Crippen LogP contribution in [-0.2, 0) is 0 Å². The third-order valence-corrected chi connectivity index (χ3v) is 6.33. The van der Waals surface area contributed by atoms with E-state index in [0.717, 1.165) is 28.8 Å². The lowest BCUT2D eigenvalue weighted by molar-refractivity contribution is -0.384. The van der Waals surface area contributed by atoms with Crippen LogP contribution in [0.1, 0.15) is 29.5 Å². The molecule has 1 aliphatic heterocycles. The highest BCUT2D eigenvalue weighted by molar-refractivity contribution is 6.32. The van der Waals surface area contributed by atoms with Crippen molar-refractivity contribution in [2.75, 3.05) is 5.32 Å². The van der Waals surface area contributed by atoms with Crippen molar-refractivity contribution in [2.45, 2.75) is 18.4 Å². The first-order chi connectivity index (χ1) is 14.1. The zero-order chi connectivity index (χ0) is 20.0. The fraction of sp³-hybridized carbons (Fsp3) is 0.167. The van der Waals surface area contributed by atoms with Crippen molar-refractivity contribution in [2.24, 2.45) is 5.92 Å². The van der Waals surface area contributed by atoms with Crippen molar-refractivity contribution in [1.82, 2.24) is 0 Å². The summed E-state index contributed by atoms with van der Waals surface area (Å²) in [6.07, 6.45) is 5.43. The van der Waals surface area contributed by atoms with Gasteiger partial charge in [-0.15, -0.1) is 0 Å². The zero-order valence-corrected chi connectivity index (χ0v) is 16.3. The molecule has 0 saturated carbocycles. The van der Waals surface area contributed by atoms with E-state index in [1.807, 2.05) is 24.3 Å². The van der Waals surface area contributed by atoms with Crippen LogP contribution in [0.4, 0.5) is 11.4 Å². The lowest BCUT2D eigenvalue weighted by atomic mass is 9.76. The quantitative estimate of drug-likeness (QED) is 0.300. The van der Waals surface area contributed by atoms with Crippen LogP contribution >= 0.6 is 11.6 Å². The van der Waals surface area contributed by atoms with Crippen LogP contribution in [0.3, 0.4) is 0 Å². The van der Waals surface area contributed by atoms with Crippen LogP contribution in [-0.4, -0.2) is 4.92 Å². The van der Waals surface area contributed by atoms with Gasteiger partial charge in [0, 0.05) is 23.2 Å². The van der Waals surface area contributed by atoms with Crippen molar-refractivity contribution in [1.29, 1.82) is 0 Å². The summed E-state index contributed by atoms with van der Waals surface area (Å²) in [6, 6.07) is 21.8. The molecule has 5 heteroatoms. The molecule has 4 nitrogen and oxygen atoms in total. The van der Waals surface area contributed by atoms with Gasteiger partial charge in [0.25, 0.3) is 5.69 Å². The van der Waals surface area contributed by atoms with Crippen molar-refractivity contribution in [3.05, 3.63) is 105 Å². The van der Waals surface area contributed by atoms with E-state index in [4.69, 9.17) is 11.6 Å². The van der Waals surface area contributed by atoms with E-state index in [1.54, 1.807) is 12.1 Å². The minimum Gasteiger partial charge on any atom is -0.377 e.